The van der Waals surface area contributed by atoms with Gasteiger partial charge in [-0.05, 0) is 43.6 Å². The first-order chi connectivity index (χ1) is 13.8. The van der Waals surface area contributed by atoms with Gasteiger partial charge in [-0.15, -0.1) is 0 Å². The predicted molar refractivity (Wildman–Crippen MR) is 114 cm³/mol. The molecule has 0 radical (unpaired) electrons. The normalized spacial score (nSPS) is 21.6. The molecule has 1 unspecified atom stereocenters. The number of rotatable bonds is 9. The van der Waals surface area contributed by atoms with Gasteiger partial charge < -0.3 is 15.3 Å². The van der Waals surface area contributed by atoms with E-state index < -0.39 is 5.97 Å². The highest BCUT2D eigenvalue weighted by molar-refractivity contribution is 5.84. The molecular formula is C24H30N2O3. The molecule has 0 aromatic heterocycles. The van der Waals surface area contributed by atoms with Gasteiger partial charge in [-0.3, -0.25) is 9.59 Å². The highest BCUT2D eigenvalue weighted by atomic mass is 16.4. The van der Waals surface area contributed by atoms with E-state index in [0.717, 1.165) is 24.0 Å². The molecule has 0 saturated heterocycles. The van der Waals surface area contributed by atoms with Crippen LogP contribution in [-0.2, 0) is 27.8 Å². The molecule has 1 aliphatic rings. The predicted octanol–water partition coefficient (Wildman–Crippen LogP) is 2.88. The Hall–Kier alpha value is -2.66. The van der Waals surface area contributed by atoms with Crippen LogP contribution in [0.5, 0.6) is 0 Å². The topological polar surface area (TPSA) is 69.6 Å². The van der Waals surface area contributed by atoms with Gasteiger partial charge in [0.15, 0.2) is 0 Å². The lowest BCUT2D eigenvalue weighted by Gasteiger charge is -2.25. The Morgan fingerprint density at radius 2 is 1.72 bits per heavy atom. The number of amides is 1. The second kappa shape index (κ2) is 8.78. The van der Waals surface area contributed by atoms with Crippen LogP contribution in [-0.4, -0.2) is 48.6 Å². The van der Waals surface area contributed by atoms with Crippen LogP contribution in [0, 0.1) is 5.92 Å². The van der Waals surface area contributed by atoms with Gasteiger partial charge in [0.1, 0.15) is 0 Å². The third-order valence-electron chi connectivity index (χ3n) is 6.08. The second-order valence-corrected chi connectivity index (χ2v) is 8.49. The van der Waals surface area contributed by atoms with E-state index in [9.17, 15) is 9.59 Å². The number of nitrogens with zero attached hydrogens (tertiary/aromatic N) is 1. The summed E-state index contributed by atoms with van der Waals surface area (Å²) in [6.07, 6.45) is 1.72. The van der Waals surface area contributed by atoms with Gasteiger partial charge in [0.25, 0.3) is 0 Å². The molecule has 1 amide bonds. The van der Waals surface area contributed by atoms with Crippen LogP contribution in [0.1, 0.15) is 30.0 Å². The Balaban J connectivity index is 1.55. The highest BCUT2D eigenvalue weighted by Gasteiger charge is 2.55. The lowest BCUT2D eigenvalue weighted by Crippen LogP contribution is -2.42. The van der Waals surface area contributed by atoms with E-state index in [1.165, 1.54) is 5.56 Å². The van der Waals surface area contributed by atoms with Crippen molar-refractivity contribution < 1.29 is 14.7 Å². The zero-order chi connectivity index (χ0) is 21.0. The summed E-state index contributed by atoms with van der Waals surface area (Å²) in [7, 11) is 4.03. The zero-order valence-electron chi connectivity index (χ0n) is 17.4. The van der Waals surface area contributed by atoms with Crippen LogP contribution in [0.3, 0.4) is 0 Å². The maximum Gasteiger partial charge on any atom is 0.307 e. The Kier molecular flexibility index (Phi) is 6.38. The van der Waals surface area contributed by atoms with Gasteiger partial charge in [-0.25, -0.2) is 0 Å². The maximum absolute atomic E-state index is 12.7. The number of nitrogens with one attached hydrogen (secondary N) is 1. The SMILES string of the molecule is CN(C)C(CNC(=O)[C@@H]1C[C@@]1(C)c1ccccc1)Cc1ccc(CC(=O)O)cc1. The summed E-state index contributed by atoms with van der Waals surface area (Å²) in [6.45, 7) is 2.75. The summed E-state index contributed by atoms with van der Waals surface area (Å²) in [4.78, 5) is 25.7. The van der Waals surface area contributed by atoms with Gasteiger partial charge in [0, 0.05) is 23.9 Å². The molecule has 2 N–H and O–H groups in total. The van der Waals surface area contributed by atoms with Crippen molar-refractivity contribution in [1.29, 1.82) is 0 Å². The molecular weight excluding hydrogens is 364 g/mol. The van der Waals surface area contributed by atoms with Gasteiger partial charge in [-0.2, -0.15) is 0 Å². The van der Waals surface area contributed by atoms with Crippen LogP contribution in [0.2, 0.25) is 0 Å². The Labute approximate surface area is 172 Å². The number of aliphatic carboxylic acids is 1. The van der Waals surface area contributed by atoms with Gasteiger partial charge in [0.05, 0.1) is 6.42 Å². The molecule has 29 heavy (non-hydrogen) atoms. The fourth-order valence-corrected chi connectivity index (χ4v) is 3.90. The summed E-state index contributed by atoms with van der Waals surface area (Å²) in [5.74, 6) is -0.669. The van der Waals surface area contributed by atoms with Crippen LogP contribution >= 0.6 is 0 Å². The van der Waals surface area contributed by atoms with Crippen molar-refractivity contribution in [3.05, 3.63) is 71.3 Å². The first-order valence-electron chi connectivity index (χ1n) is 10.1. The van der Waals surface area contributed by atoms with Crippen molar-refractivity contribution in [3.63, 3.8) is 0 Å². The molecule has 154 valence electrons. The average Bonchev–Trinajstić information content (AvgIpc) is 3.39. The van der Waals surface area contributed by atoms with Crippen molar-refractivity contribution in [2.24, 2.45) is 5.92 Å². The number of benzene rings is 2. The maximum atomic E-state index is 12.7. The standard InChI is InChI=1S/C24H30N2O3/c1-24(19-7-5-4-6-8-19)15-21(24)23(29)25-16-20(26(2)3)13-17-9-11-18(12-10-17)14-22(27)28/h4-12,20-21H,13-16H2,1-3H3,(H,25,29)(H,27,28)/t20?,21-,24-/m0/s1. The summed E-state index contributed by atoms with van der Waals surface area (Å²) in [6, 6.07) is 18.1. The van der Waals surface area contributed by atoms with E-state index in [1.54, 1.807) is 0 Å². The molecule has 0 aliphatic heterocycles. The van der Waals surface area contributed by atoms with Gasteiger partial charge in [0.2, 0.25) is 5.91 Å². The van der Waals surface area contributed by atoms with Crippen molar-refractivity contribution in [1.82, 2.24) is 10.2 Å². The fraction of sp³-hybridized carbons (Fsp3) is 0.417. The molecule has 1 fully saturated rings. The third-order valence-corrected chi connectivity index (χ3v) is 6.08. The minimum Gasteiger partial charge on any atom is -0.481 e. The quantitative estimate of drug-likeness (QED) is 0.686. The van der Waals surface area contributed by atoms with Gasteiger partial charge >= 0.3 is 5.97 Å². The number of carboxylic acid groups (broad SMARTS) is 1. The zero-order valence-corrected chi connectivity index (χ0v) is 17.4. The Morgan fingerprint density at radius 3 is 2.31 bits per heavy atom. The summed E-state index contributed by atoms with van der Waals surface area (Å²) in [5, 5.41) is 12.0. The minimum atomic E-state index is -0.825. The Morgan fingerprint density at radius 1 is 1.10 bits per heavy atom. The lowest BCUT2D eigenvalue weighted by atomic mass is 9.95. The molecule has 0 bridgehead atoms. The van der Waals surface area contributed by atoms with Crippen LogP contribution in [0.4, 0.5) is 0 Å². The van der Waals surface area contributed by atoms with E-state index >= 15 is 0 Å². The second-order valence-electron chi connectivity index (χ2n) is 8.49. The molecule has 5 nitrogen and oxygen atoms in total. The summed E-state index contributed by atoms with van der Waals surface area (Å²) in [5.41, 5.74) is 3.10. The first kappa shape index (κ1) is 21.1. The van der Waals surface area contributed by atoms with Gasteiger partial charge in [-0.1, -0.05) is 61.5 Å². The third kappa shape index (κ3) is 5.24. The van der Waals surface area contributed by atoms with Crippen molar-refractivity contribution >= 4 is 11.9 Å². The molecule has 2 aromatic rings. The molecule has 0 spiro atoms. The molecule has 5 heteroatoms. The van der Waals surface area contributed by atoms with E-state index in [-0.39, 0.29) is 29.7 Å². The molecule has 1 saturated carbocycles. The first-order valence-corrected chi connectivity index (χ1v) is 10.1. The number of hydrogen-bond donors (Lipinski definition) is 2. The van der Waals surface area contributed by atoms with E-state index in [4.69, 9.17) is 5.11 Å². The number of likely N-dealkylation sites (N-methyl/N-ethyl adjacent to an activating group) is 1. The van der Waals surface area contributed by atoms with Crippen LogP contribution < -0.4 is 5.32 Å². The number of carboxylic acids is 1. The molecule has 0 heterocycles. The van der Waals surface area contributed by atoms with Crippen molar-refractivity contribution in [3.8, 4) is 0 Å². The molecule has 3 rings (SSSR count). The number of carbonyl (C=O) groups excluding carboxylic acids is 1. The molecule has 3 atom stereocenters. The highest BCUT2D eigenvalue weighted by Crippen LogP contribution is 2.53. The average molecular weight is 395 g/mol. The minimum absolute atomic E-state index is 0.0306. The monoisotopic (exact) mass is 394 g/mol. The largest absolute Gasteiger partial charge is 0.481 e. The molecule has 1 aliphatic carbocycles. The summed E-state index contributed by atoms with van der Waals surface area (Å²) >= 11 is 0. The van der Waals surface area contributed by atoms with Crippen molar-refractivity contribution in [2.45, 2.75) is 37.6 Å². The lowest BCUT2D eigenvalue weighted by molar-refractivity contribution is -0.136. The van der Waals surface area contributed by atoms with E-state index in [1.807, 2.05) is 56.6 Å². The fourth-order valence-electron chi connectivity index (χ4n) is 3.90. The van der Waals surface area contributed by atoms with E-state index in [0.29, 0.717) is 6.54 Å². The molecule has 2 aromatic carbocycles. The van der Waals surface area contributed by atoms with Crippen molar-refractivity contribution in [2.75, 3.05) is 20.6 Å². The van der Waals surface area contributed by atoms with Crippen LogP contribution in [0.25, 0.3) is 0 Å². The Bertz CT molecular complexity index is 848. The number of hydrogen-bond acceptors (Lipinski definition) is 3. The number of carbonyl (C=O) groups is 2. The van der Waals surface area contributed by atoms with Crippen LogP contribution in [0.15, 0.2) is 54.6 Å². The summed E-state index contributed by atoms with van der Waals surface area (Å²) < 4.78 is 0. The van der Waals surface area contributed by atoms with E-state index in [2.05, 4.69) is 29.3 Å². The smallest absolute Gasteiger partial charge is 0.307 e.